The minimum atomic E-state index is -0.0865. The third-order valence-corrected chi connectivity index (χ3v) is 4.25. The number of fused-ring (bicyclic) bond motifs is 1. The molecule has 142 valence electrons. The van der Waals surface area contributed by atoms with Crippen molar-refractivity contribution in [2.75, 3.05) is 39.7 Å². The van der Waals surface area contributed by atoms with Crippen LogP contribution in [-0.4, -0.2) is 49.7 Å². The van der Waals surface area contributed by atoms with Crippen LogP contribution in [0.15, 0.2) is 54.7 Å². The zero-order chi connectivity index (χ0) is 19.2. The van der Waals surface area contributed by atoms with Crippen LogP contribution in [0, 0.1) is 0 Å². The fourth-order valence-electron chi connectivity index (χ4n) is 2.85. The molecule has 0 fully saturated rings. The molecular formula is C21H25N3O3. The predicted octanol–water partition coefficient (Wildman–Crippen LogP) is 3.23. The minimum absolute atomic E-state index is 0.0865. The van der Waals surface area contributed by atoms with Gasteiger partial charge in [0.05, 0.1) is 12.6 Å². The standard InChI is InChI=1S/C21H25N3O3/c1-23(2)13-14-27-17-9-7-16(8-10-17)22-21(25)15-24-12-11-18-19(24)5-4-6-20(18)26-3/h4-12H,13-15H2,1-3H3,(H,22,25). The Morgan fingerprint density at radius 1 is 1.11 bits per heavy atom. The Morgan fingerprint density at radius 2 is 1.89 bits per heavy atom. The summed E-state index contributed by atoms with van der Waals surface area (Å²) in [7, 11) is 5.66. The first-order valence-electron chi connectivity index (χ1n) is 8.86. The van der Waals surface area contributed by atoms with Gasteiger partial charge in [0.15, 0.2) is 0 Å². The second kappa shape index (κ2) is 8.60. The van der Waals surface area contributed by atoms with Crippen LogP contribution < -0.4 is 14.8 Å². The van der Waals surface area contributed by atoms with Crippen molar-refractivity contribution in [2.45, 2.75) is 6.54 Å². The maximum Gasteiger partial charge on any atom is 0.244 e. The van der Waals surface area contributed by atoms with Crippen LogP contribution in [0.2, 0.25) is 0 Å². The van der Waals surface area contributed by atoms with Gasteiger partial charge in [-0.05, 0) is 56.6 Å². The van der Waals surface area contributed by atoms with E-state index in [0.717, 1.165) is 34.6 Å². The van der Waals surface area contributed by atoms with Gasteiger partial charge in [0.25, 0.3) is 0 Å². The molecule has 6 nitrogen and oxygen atoms in total. The molecule has 0 unspecified atom stereocenters. The molecule has 0 spiro atoms. The van der Waals surface area contributed by atoms with Crippen molar-refractivity contribution in [1.29, 1.82) is 0 Å². The molecule has 1 heterocycles. The molecule has 0 radical (unpaired) electrons. The van der Waals surface area contributed by atoms with E-state index in [-0.39, 0.29) is 12.5 Å². The number of anilines is 1. The average Bonchev–Trinajstić information content (AvgIpc) is 3.06. The summed E-state index contributed by atoms with van der Waals surface area (Å²) >= 11 is 0. The zero-order valence-electron chi connectivity index (χ0n) is 15.9. The Kier molecular flexibility index (Phi) is 5.98. The number of aromatic nitrogens is 1. The zero-order valence-corrected chi connectivity index (χ0v) is 15.9. The highest BCUT2D eigenvalue weighted by molar-refractivity contribution is 5.93. The molecule has 0 aliphatic rings. The number of methoxy groups -OCH3 is 1. The molecule has 6 heteroatoms. The van der Waals surface area contributed by atoms with Crippen molar-refractivity contribution in [2.24, 2.45) is 0 Å². The van der Waals surface area contributed by atoms with Crippen LogP contribution in [0.4, 0.5) is 5.69 Å². The van der Waals surface area contributed by atoms with Crippen LogP contribution in [0.3, 0.4) is 0 Å². The molecule has 1 amide bonds. The van der Waals surface area contributed by atoms with Crippen molar-refractivity contribution >= 4 is 22.5 Å². The molecule has 3 rings (SSSR count). The van der Waals surface area contributed by atoms with Gasteiger partial charge in [-0.2, -0.15) is 0 Å². The number of carbonyl (C=O) groups is 1. The van der Waals surface area contributed by atoms with E-state index in [9.17, 15) is 4.79 Å². The molecule has 0 bridgehead atoms. The highest BCUT2D eigenvalue weighted by atomic mass is 16.5. The quantitative estimate of drug-likeness (QED) is 0.664. The average molecular weight is 367 g/mol. The van der Waals surface area contributed by atoms with Gasteiger partial charge in [-0.15, -0.1) is 0 Å². The number of rotatable bonds is 8. The first kappa shape index (κ1) is 18.8. The van der Waals surface area contributed by atoms with E-state index in [4.69, 9.17) is 9.47 Å². The summed E-state index contributed by atoms with van der Waals surface area (Å²) in [5.41, 5.74) is 1.71. The van der Waals surface area contributed by atoms with Crippen molar-refractivity contribution < 1.29 is 14.3 Å². The lowest BCUT2D eigenvalue weighted by molar-refractivity contribution is -0.116. The molecule has 0 aliphatic carbocycles. The van der Waals surface area contributed by atoms with Crippen molar-refractivity contribution in [3.05, 3.63) is 54.7 Å². The molecular weight excluding hydrogens is 342 g/mol. The summed E-state index contributed by atoms with van der Waals surface area (Å²) in [5.74, 6) is 1.51. The molecule has 0 atom stereocenters. The number of carbonyl (C=O) groups excluding carboxylic acids is 1. The summed E-state index contributed by atoms with van der Waals surface area (Å²) in [6.07, 6.45) is 1.90. The van der Waals surface area contributed by atoms with Crippen LogP contribution in [0.5, 0.6) is 11.5 Å². The monoisotopic (exact) mass is 367 g/mol. The maximum atomic E-state index is 12.4. The molecule has 0 aliphatic heterocycles. The molecule has 27 heavy (non-hydrogen) atoms. The summed E-state index contributed by atoms with van der Waals surface area (Å²) in [6.45, 7) is 1.72. The number of benzene rings is 2. The summed E-state index contributed by atoms with van der Waals surface area (Å²) < 4.78 is 12.9. The SMILES string of the molecule is COc1cccc2c1ccn2CC(=O)Nc1ccc(OCCN(C)C)cc1. The lowest BCUT2D eigenvalue weighted by atomic mass is 10.2. The van der Waals surface area contributed by atoms with Crippen LogP contribution in [0.25, 0.3) is 10.9 Å². The topological polar surface area (TPSA) is 55.7 Å². The summed E-state index contributed by atoms with van der Waals surface area (Å²) in [6, 6.07) is 15.2. The van der Waals surface area contributed by atoms with Crippen molar-refractivity contribution in [1.82, 2.24) is 9.47 Å². The van der Waals surface area contributed by atoms with Gasteiger partial charge in [0.2, 0.25) is 5.91 Å². The van der Waals surface area contributed by atoms with E-state index in [0.29, 0.717) is 6.61 Å². The van der Waals surface area contributed by atoms with Crippen LogP contribution in [-0.2, 0) is 11.3 Å². The number of hydrogen-bond donors (Lipinski definition) is 1. The van der Waals surface area contributed by atoms with Gasteiger partial charge >= 0.3 is 0 Å². The number of ether oxygens (including phenoxy) is 2. The molecule has 1 N–H and O–H groups in total. The smallest absolute Gasteiger partial charge is 0.244 e. The Balaban J connectivity index is 1.59. The highest BCUT2D eigenvalue weighted by Gasteiger charge is 2.09. The number of nitrogens with zero attached hydrogens (tertiary/aromatic N) is 2. The second-order valence-electron chi connectivity index (χ2n) is 6.56. The van der Waals surface area contributed by atoms with Gasteiger partial charge in [-0.3, -0.25) is 4.79 Å². The fraction of sp³-hybridized carbons (Fsp3) is 0.286. The number of likely N-dealkylation sites (N-methyl/N-ethyl adjacent to an activating group) is 1. The Hall–Kier alpha value is -2.99. The fourth-order valence-corrected chi connectivity index (χ4v) is 2.85. The predicted molar refractivity (Wildman–Crippen MR) is 108 cm³/mol. The van der Waals surface area contributed by atoms with Crippen LogP contribution >= 0.6 is 0 Å². The van der Waals surface area contributed by atoms with Crippen molar-refractivity contribution in [3.8, 4) is 11.5 Å². The minimum Gasteiger partial charge on any atom is -0.496 e. The summed E-state index contributed by atoms with van der Waals surface area (Å²) in [4.78, 5) is 14.5. The van der Waals surface area contributed by atoms with E-state index >= 15 is 0 Å². The Morgan fingerprint density at radius 3 is 2.59 bits per heavy atom. The lowest BCUT2D eigenvalue weighted by Gasteiger charge is -2.12. The normalized spacial score (nSPS) is 11.0. The van der Waals surface area contributed by atoms with Crippen molar-refractivity contribution in [3.63, 3.8) is 0 Å². The van der Waals surface area contributed by atoms with Gasteiger partial charge in [0, 0.05) is 23.8 Å². The van der Waals surface area contributed by atoms with Crippen LogP contribution in [0.1, 0.15) is 0 Å². The molecule has 2 aromatic carbocycles. The van der Waals surface area contributed by atoms with Gasteiger partial charge in [-0.25, -0.2) is 0 Å². The van der Waals surface area contributed by atoms with Gasteiger partial charge in [0.1, 0.15) is 24.7 Å². The van der Waals surface area contributed by atoms with E-state index in [1.165, 1.54) is 0 Å². The largest absolute Gasteiger partial charge is 0.496 e. The van der Waals surface area contributed by atoms with E-state index in [1.54, 1.807) is 7.11 Å². The maximum absolute atomic E-state index is 12.4. The third kappa shape index (κ3) is 4.80. The molecule has 0 saturated heterocycles. The molecule has 3 aromatic rings. The Labute approximate surface area is 159 Å². The van der Waals surface area contributed by atoms with E-state index < -0.39 is 0 Å². The Bertz CT molecular complexity index is 901. The highest BCUT2D eigenvalue weighted by Crippen LogP contribution is 2.26. The first-order chi connectivity index (χ1) is 13.1. The lowest BCUT2D eigenvalue weighted by Crippen LogP contribution is -2.19. The number of nitrogens with one attached hydrogen (secondary N) is 1. The number of amides is 1. The van der Waals surface area contributed by atoms with E-state index in [2.05, 4.69) is 10.2 Å². The van der Waals surface area contributed by atoms with E-state index in [1.807, 2.05) is 73.4 Å². The first-order valence-corrected chi connectivity index (χ1v) is 8.86. The molecule has 0 saturated carbocycles. The summed E-state index contributed by atoms with van der Waals surface area (Å²) in [5, 5.41) is 3.91. The van der Waals surface area contributed by atoms with Gasteiger partial charge < -0.3 is 24.3 Å². The number of hydrogen-bond acceptors (Lipinski definition) is 4. The molecule has 1 aromatic heterocycles. The second-order valence-corrected chi connectivity index (χ2v) is 6.56. The van der Waals surface area contributed by atoms with Gasteiger partial charge in [-0.1, -0.05) is 6.07 Å². The third-order valence-electron chi connectivity index (χ3n) is 4.25.